The Morgan fingerprint density at radius 2 is 1.62 bits per heavy atom. The van der Waals surface area contributed by atoms with Gasteiger partial charge in [-0.25, -0.2) is 4.79 Å². The molecule has 0 aromatic carbocycles. The highest BCUT2D eigenvalue weighted by Gasteiger charge is 2.56. The molecule has 8 heteroatoms. The molecule has 0 radical (unpaired) electrons. The van der Waals surface area contributed by atoms with E-state index in [1.807, 2.05) is 0 Å². The van der Waals surface area contributed by atoms with Gasteiger partial charge in [0.15, 0.2) is 0 Å². The van der Waals surface area contributed by atoms with Crippen LogP contribution in [-0.4, -0.2) is 24.4 Å². The molecule has 0 heterocycles. The van der Waals surface area contributed by atoms with E-state index in [1.165, 1.54) is 13.8 Å². The monoisotopic (exact) mass is 318 g/mol. The number of halogens is 6. The zero-order chi connectivity index (χ0) is 16.6. The van der Waals surface area contributed by atoms with Crippen LogP contribution in [0.2, 0.25) is 0 Å². The van der Waals surface area contributed by atoms with Crippen LogP contribution in [0.4, 0.5) is 26.3 Å². The molecular weight excluding hydrogens is 302 g/mol. The molecule has 4 atom stereocenters. The molecule has 1 aliphatic carbocycles. The molecule has 0 saturated heterocycles. The number of esters is 1. The summed E-state index contributed by atoms with van der Waals surface area (Å²) in [6.45, 7) is 5.74. The number of hydrogen-bond acceptors (Lipinski definition) is 2. The Hall–Kier alpha value is -1.21. The predicted octanol–water partition coefficient (Wildman–Crippen LogP) is 4.26. The lowest BCUT2D eigenvalue weighted by Gasteiger charge is -2.41. The molecule has 1 fully saturated rings. The first-order valence-corrected chi connectivity index (χ1v) is 6.34. The summed E-state index contributed by atoms with van der Waals surface area (Å²) in [6.07, 6.45) is -12.8. The van der Waals surface area contributed by atoms with Crippen LogP contribution >= 0.6 is 0 Å². The summed E-state index contributed by atoms with van der Waals surface area (Å²) in [5.74, 6) is -6.43. The summed E-state index contributed by atoms with van der Waals surface area (Å²) in [4.78, 5) is 11.4. The largest absolute Gasteiger partial charge is 0.458 e. The fourth-order valence-electron chi connectivity index (χ4n) is 2.53. The molecule has 0 bridgehead atoms. The highest BCUT2D eigenvalue weighted by Crippen LogP contribution is 2.48. The second-order valence-corrected chi connectivity index (χ2v) is 5.49. The first kappa shape index (κ1) is 17.8. The summed E-state index contributed by atoms with van der Waals surface area (Å²) >= 11 is 0. The van der Waals surface area contributed by atoms with E-state index in [-0.39, 0.29) is 5.57 Å². The third-order valence-electron chi connectivity index (χ3n) is 3.63. The second-order valence-electron chi connectivity index (χ2n) is 5.49. The van der Waals surface area contributed by atoms with E-state index in [9.17, 15) is 31.1 Å². The molecule has 2 nitrogen and oxygen atoms in total. The van der Waals surface area contributed by atoms with E-state index in [1.54, 1.807) is 0 Å². The lowest BCUT2D eigenvalue weighted by Crippen LogP contribution is -2.48. The number of rotatable bonds is 2. The van der Waals surface area contributed by atoms with Gasteiger partial charge in [-0.2, -0.15) is 26.3 Å². The van der Waals surface area contributed by atoms with Gasteiger partial charge in [-0.15, -0.1) is 0 Å². The SMILES string of the molecule is C=C(C)C(=O)OC1C(C)CC(C(F)(F)F)CC1C(F)(F)F. The van der Waals surface area contributed by atoms with Crippen molar-refractivity contribution in [1.82, 2.24) is 0 Å². The van der Waals surface area contributed by atoms with Gasteiger partial charge in [0.25, 0.3) is 0 Å². The lowest BCUT2D eigenvalue weighted by molar-refractivity contribution is -0.254. The normalized spacial score (nSPS) is 30.9. The first-order chi connectivity index (χ1) is 9.34. The zero-order valence-electron chi connectivity index (χ0n) is 11.5. The molecule has 1 aliphatic rings. The van der Waals surface area contributed by atoms with Crippen LogP contribution in [0, 0.1) is 17.8 Å². The van der Waals surface area contributed by atoms with E-state index in [0.717, 1.165) is 0 Å². The van der Waals surface area contributed by atoms with Crippen LogP contribution in [0.1, 0.15) is 26.7 Å². The summed E-state index contributed by atoms with van der Waals surface area (Å²) in [6, 6.07) is 0. The van der Waals surface area contributed by atoms with Gasteiger partial charge in [0.2, 0.25) is 0 Å². The lowest BCUT2D eigenvalue weighted by atomic mass is 9.73. The van der Waals surface area contributed by atoms with E-state index in [0.29, 0.717) is 0 Å². The van der Waals surface area contributed by atoms with Gasteiger partial charge in [-0.1, -0.05) is 13.5 Å². The molecule has 0 aromatic heterocycles. The third kappa shape index (κ3) is 4.38. The van der Waals surface area contributed by atoms with Crippen molar-refractivity contribution in [2.45, 2.75) is 45.1 Å². The standard InChI is InChI=1S/C13H16F6O2/c1-6(2)11(20)21-10-7(3)4-8(12(14,15)16)5-9(10)13(17,18)19/h7-10H,1,4-5H2,2-3H3. The zero-order valence-corrected chi connectivity index (χ0v) is 11.5. The fourth-order valence-corrected chi connectivity index (χ4v) is 2.53. The molecule has 4 unspecified atom stereocenters. The highest BCUT2D eigenvalue weighted by atomic mass is 19.4. The third-order valence-corrected chi connectivity index (χ3v) is 3.63. The summed E-state index contributed by atoms with van der Waals surface area (Å²) in [5, 5.41) is 0. The number of alkyl halides is 6. The first-order valence-electron chi connectivity index (χ1n) is 6.34. The van der Waals surface area contributed by atoms with Crippen molar-refractivity contribution in [2.75, 3.05) is 0 Å². The molecule has 1 saturated carbocycles. The highest BCUT2D eigenvalue weighted by molar-refractivity contribution is 5.87. The topological polar surface area (TPSA) is 26.3 Å². The van der Waals surface area contributed by atoms with Gasteiger partial charge in [0.1, 0.15) is 6.10 Å². The number of ether oxygens (including phenoxy) is 1. The van der Waals surface area contributed by atoms with Gasteiger partial charge >= 0.3 is 18.3 Å². The molecule has 122 valence electrons. The minimum absolute atomic E-state index is 0.0962. The molecular formula is C13H16F6O2. The maximum atomic E-state index is 13.0. The summed E-state index contributed by atoms with van der Waals surface area (Å²) < 4.78 is 81.8. The molecule has 0 N–H and O–H groups in total. The van der Waals surface area contributed by atoms with Crippen molar-refractivity contribution in [3.05, 3.63) is 12.2 Å². The average molecular weight is 318 g/mol. The smallest absolute Gasteiger partial charge is 0.395 e. The maximum absolute atomic E-state index is 13.0. The molecule has 1 rings (SSSR count). The molecule has 0 aliphatic heterocycles. The molecule has 21 heavy (non-hydrogen) atoms. The van der Waals surface area contributed by atoms with Crippen LogP contribution in [0.3, 0.4) is 0 Å². The van der Waals surface area contributed by atoms with E-state index >= 15 is 0 Å². The van der Waals surface area contributed by atoms with E-state index in [2.05, 4.69) is 6.58 Å². The molecule has 0 aromatic rings. The van der Waals surface area contributed by atoms with Crippen LogP contribution in [-0.2, 0) is 9.53 Å². The number of hydrogen-bond donors (Lipinski definition) is 0. The quantitative estimate of drug-likeness (QED) is 0.432. The Balaban J connectivity index is 3.01. The predicted molar refractivity (Wildman–Crippen MR) is 62.2 cm³/mol. The minimum atomic E-state index is -4.86. The number of carbonyl (C=O) groups is 1. The van der Waals surface area contributed by atoms with Gasteiger partial charge < -0.3 is 4.74 Å². The van der Waals surface area contributed by atoms with Crippen molar-refractivity contribution in [3.63, 3.8) is 0 Å². The van der Waals surface area contributed by atoms with Crippen molar-refractivity contribution in [2.24, 2.45) is 17.8 Å². The minimum Gasteiger partial charge on any atom is -0.458 e. The van der Waals surface area contributed by atoms with Gasteiger partial charge in [-0.05, 0) is 25.7 Å². The van der Waals surface area contributed by atoms with Crippen molar-refractivity contribution >= 4 is 5.97 Å². The van der Waals surface area contributed by atoms with E-state index in [4.69, 9.17) is 4.74 Å². The van der Waals surface area contributed by atoms with Crippen LogP contribution in [0.25, 0.3) is 0 Å². The Labute approximate surface area is 118 Å². The maximum Gasteiger partial charge on any atom is 0.395 e. The van der Waals surface area contributed by atoms with Gasteiger partial charge in [-0.3, -0.25) is 0 Å². The summed E-state index contributed by atoms with van der Waals surface area (Å²) in [5.41, 5.74) is -0.0962. The molecule has 0 spiro atoms. The van der Waals surface area contributed by atoms with Gasteiger partial charge in [0.05, 0.1) is 11.8 Å². The molecule has 0 amide bonds. The van der Waals surface area contributed by atoms with Crippen LogP contribution in [0.5, 0.6) is 0 Å². The Morgan fingerprint density at radius 1 is 1.10 bits per heavy atom. The Kier molecular flexibility index (Phi) is 5.00. The average Bonchev–Trinajstić information content (AvgIpc) is 2.28. The fraction of sp³-hybridized carbons (Fsp3) is 0.769. The number of carbonyl (C=O) groups excluding carboxylic acids is 1. The van der Waals surface area contributed by atoms with Crippen molar-refractivity contribution < 1.29 is 35.9 Å². The second kappa shape index (κ2) is 5.88. The van der Waals surface area contributed by atoms with Crippen LogP contribution in [0.15, 0.2) is 12.2 Å². The van der Waals surface area contributed by atoms with E-state index < -0.39 is 55.0 Å². The Morgan fingerprint density at radius 3 is 2.00 bits per heavy atom. The Bertz CT molecular complexity index is 412. The van der Waals surface area contributed by atoms with Crippen LogP contribution < -0.4 is 0 Å². The van der Waals surface area contributed by atoms with Crippen molar-refractivity contribution in [3.8, 4) is 0 Å². The summed E-state index contributed by atoms with van der Waals surface area (Å²) in [7, 11) is 0. The van der Waals surface area contributed by atoms with Crippen molar-refractivity contribution in [1.29, 1.82) is 0 Å². The van der Waals surface area contributed by atoms with Gasteiger partial charge in [0, 0.05) is 5.57 Å².